The molecule has 0 radical (unpaired) electrons. The van der Waals surface area contributed by atoms with Crippen LogP contribution in [0.2, 0.25) is 0 Å². The lowest BCUT2D eigenvalue weighted by Gasteiger charge is -2.29. The maximum atomic E-state index is 12.1. The summed E-state index contributed by atoms with van der Waals surface area (Å²) in [7, 11) is 0. The quantitative estimate of drug-likeness (QED) is 0.572. The highest BCUT2D eigenvalue weighted by molar-refractivity contribution is 6.05. The van der Waals surface area contributed by atoms with Crippen molar-refractivity contribution in [3.8, 4) is 0 Å². The molecule has 0 bridgehead atoms. The zero-order chi connectivity index (χ0) is 14.2. The van der Waals surface area contributed by atoms with E-state index in [4.69, 9.17) is 4.74 Å². The molecule has 2 aliphatic heterocycles. The number of likely N-dealkylation sites (tertiary alicyclic amines) is 1. The first-order chi connectivity index (χ1) is 8.78. The van der Waals surface area contributed by atoms with E-state index in [1.165, 1.54) is 0 Å². The van der Waals surface area contributed by atoms with Crippen molar-refractivity contribution >= 4 is 17.8 Å². The minimum atomic E-state index is -0.543. The van der Waals surface area contributed by atoms with Crippen molar-refractivity contribution in [3.05, 3.63) is 0 Å². The molecule has 6 nitrogen and oxygen atoms in total. The smallest absolute Gasteiger partial charge is 0.323 e. The van der Waals surface area contributed by atoms with Gasteiger partial charge in [-0.15, -0.1) is 0 Å². The molecule has 6 heteroatoms. The van der Waals surface area contributed by atoms with Gasteiger partial charge in [-0.25, -0.2) is 0 Å². The molecular formula is C13H20N2O4. The van der Waals surface area contributed by atoms with Crippen molar-refractivity contribution in [2.24, 2.45) is 0 Å². The third-order valence-corrected chi connectivity index (χ3v) is 3.32. The third kappa shape index (κ3) is 3.12. The van der Waals surface area contributed by atoms with E-state index in [-0.39, 0.29) is 24.2 Å². The van der Waals surface area contributed by atoms with Crippen molar-refractivity contribution < 1.29 is 19.1 Å². The van der Waals surface area contributed by atoms with Crippen LogP contribution in [0.1, 0.15) is 40.0 Å². The number of nitrogens with one attached hydrogen (secondary N) is 1. The number of ether oxygens (including phenoxy) is 1. The minimum absolute atomic E-state index is 0.137. The van der Waals surface area contributed by atoms with Crippen LogP contribution < -0.4 is 5.32 Å². The molecular weight excluding hydrogens is 248 g/mol. The summed E-state index contributed by atoms with van der Waals surface area (Å²) in [6.07, 6.45) is 1.65. The fraction of sp³-hybridized carbons (Fsp3) is 0.769. The van der Waals surface area contributed by atoms with Gasteiger partial charge < -0.3 is 4.74 Å². The number of carbonyl (C=O) groups is 3. The van der Waals surface area contributed by atoms with Gasteiger partial charge in [0.2, 0.25) is 11.8 Å². The molecule has 2 saturated heterocycles. The topological polar surface area (TPSA) is 75.7 Å². The standard InChI is InChI=1S/C13H20N2O4/c1-13(2,3)19-12(18)8-5-4-6-15(8)9-7-10(16)14-11(9)17/h8-9H,4-7H2,1-3H3,(H,14,16,17)/t8-,9?/m1/s1. The molecule has 0 saturated carbocycles. The number of carbonyl (C=O) groups excluding carboxylic acids is 3. The van der Waals surface area contributed by atoms with Crippen LogP contribution in [0.5, 0.6) is 0 Å². The van der Waals surface area contributed by atoms with E-state index in [0.717, 1.165) is 6.42 Å². The molecule has 1 N–H and O–H groups in total. The second kappa shape index (κ2) is 4.92. The SMILES string of the molecule is CC(C)(C)OC(=O)[C@H]1CCCN1C1CC(=O)NC1=O. The molecule has 2 heterocycles. The van der Waals surface area contributed by atoms with Crippen molar-refractivity contribution in [3.63, 3.8) is 0 Å². The summed E-state index contributed by atoms with van der Waals surface area (Å²) in [5.41, 5.74) is -0.543. The number of hydrogen-bond acceptors (Lipinski definition) is 5. The molecule has 2 atom stereocenters. The van der Waals surface area contributed by atoms with Gasteiger partial charge >= 0.3 is 5.97 Å². The van der Waals surface area contributed by atoms with Crippen LogP contribution in [0.3, 0.4) is 0 Å². The Morgan fingerprint density at radius 1 is 1.37 bits per heavy atom. The first-order valence-corrected chi connectivity index (χ1v) is 6.60. The molecule has 0 aromatic heterocycles. The van der Waals surface area contributed by atoms with E-state index in [0.29, 0.717) is 13.0 Å². The van der Waals surface area contributed by atoms with Crippen molar-refractivity contribution in [1.82, 2.24) is 10.2 Å². The molecule has 1 unspecified atom stereocenters. The molecule has 2 fully saturated rings. The molecule has 0 aromatic carbocycles. The number of imide groups is 1. The zero-order valence-corrected chi connectivity index (χ0v) is 11.6. The van der Waals surface area contributed by atoms with Gasteiger partial charge in [0, 0.05) is 0 Å². The Hall–Kier alpha value is -1.43. The Kier molecular flexibility index (Phi) is 3.62. The van der Waals surface area contributed by atoms with Gasteiger partial charge in [-0.2, -0.15) is 0 Å². The average Bonchev–Trinajstić information content (AvgIpc) is 2.81. The van der Waals surface area contributed by atoms with Crippen LogP contribution >= 0.6 is 0 Å². The molecule has 2 aliphatic rings. The van der Waals surface area contributed by atoms with Crippen LogP contribution in [0.4, 0.5) is 0 Å². The second-order valence-corrected chi connectivity index (χ2v) is 6.06. The fourth-order valence-corrected chi connectivity index (χ4v) is 2.59. The maximum Gasteiger partial charge on any atom is 0.323 e. The number of rotatable bonds is 2. The Morgan fingerprint density at radius 3 is 2.58 bits per heavy atom. The summed E-state index contributed by atoms with van der Waals surface area (Å²) in [4.78, 5) is 36.9. The summed E-state index contributed by atoms with van der Waals surface area (Å²) in [6.45, 7) is 6.09. The minimum Gasteiger partial charge on any atom is -0.459 e. The highest BCUT2D eigenvalue weighted by Gasteiger charge is 2.44. The summed E-state index contributed by atoms with van der Waals surface area (Å²) in [5.74, 6) is -0.887. The first-order valence-electron chi connectivity index (χ1n) is 6.60. The highest BCUT2D eigenvalue weighted by Crippen LogP contribution is 2.26. The van der Waals surface area contributed by atoms with E-state index >= 15 is 0 Å². The van der Waals surface area contributed by atoms with E-state index in [9.17, 15) is 14.4 Å². The van der Waals surface area contributed by atoms with Gasteiger partial charge in [0.15, 0.2) is 0 Å². The second-order valence-electron chi connectivity index (χ2n) is 6.06. The average molecular weight is 268 g/mol. The summed E-state index contributed by atoms with van der Waals surface area (Å²) >= 11 is 0. The van der Waals surface area contributed by atoms with E-state index in [2.05, 4.69) is 5.32 Å². The summed E-state index contributed by atoms with van der Waals surface area (Å²) in [6, 6.07) is -0.937. The van der Waals surface area contributed by atoms with Crippen LogP contribution in [0.25, 0.3) is 0 Å². The molecule has 106 valence electrons. The molecule has 2 rings (SSSR count). The normalized spacial score (nSPS) is 28.6. The van der Waals surface area contributed by atoms with Crippen molar-refractivity contribution in [1.29, 1.82) is 0 Å². The Bertz CT molecular complexity index is 413. The lowest BCUT2D eigenvalue weighted by atomic mass is 10.1. The number of nitrogens with zero attached hydrogens (tertiary/aromatic N) is 1. The Labute approximate surface area is 112 Å². The summed E-state index contributed by atoms with van der Waals surface area (Å²) < 4.78 is 5.38. The van der Waals surface area contributed by atoms with E-state index < -0.39 is 17.7 Å². The number of esters is 1. The highest BCUT2D eigenvalue weighted by atomic mass is 16.6. The molecule has 19 heavy (non-hydrogen) atoms. The van der Waals surface area contributed by atoms with Crippen molar-refractivity contribution in [2.75, 3.05) is 6.54 Å². The van der Waals surface area contributed by atoms with Crippen LogP contribution in [-0.4, -0.2) is 46.9 Å². The molecule has 2 amide bonds. The monoisotopic (exact) mass is 268 g/mol. The maximum absolute atomic E-state index is 12.1. The predicted octanol–water partition coefficient (Wildman–Crippen LogP) is 0.208. The van der Waals surface area contributed by atoms with Gasteiger partial charge in [-0.1, -0.05) is 0 Å². The lowest BCUT2D eigenvalue weighted by molar-refractivity contribution is -0.161. The molecule has 0 aromatic rings. The van der Waals surface area contributed by atoms with Gasteiger partial charge in [0.05, 0.1) is 12.5 Å². The lowest BCUT2D eigenvalue weighted by Crippen LogP contribution is -2.48. The van der Waals surface area contributed by atoms with Crippen LogP contribution in [0.15, 0.2) is 0 Å². The van der Waals surface area contributed by atoms with Crippen LogP contribution in [0, 0.1) is 0 Å². The third-order valence-electron chi connectivity index (χ3n) is 3.32. The fourth-order valence-electron chi connectivity index (χ4n) is 2.59. The zero-order valence-electron chi connectivity index (χ0n) is 11.6. The Morgan fingerprint density at radius 2 is 2.05 bits per heavy atom. The van der Waals surface area contributed by atoms with Gasteiger partial charge in [0.1, 0.15) is 11.6 Å². The largest absolute Gasteiger partial charge is 0.459 e. The predicted molar refractivity (Wildman–Crippen MR) is 67.1 cm³/mol. The van der Waals surface area contributed by atoms with Gasteiger partial charge in [0.25, 0.3) is 0 Å². The molecule has 0 aliphatic carbocycles. The Balaban J connectivity index is 2.07. The van der Waals surface area contributed by atoms with Crippen molar-refractivity contribution in [2.45, 2.75) is 57.7 Å². The number of hydrogen-bond donors (Lipinski definition) is 1. The summed E-state index contributed by atoms with van der Waals surface area (Å²) in [5, 5.41) is 2.28. The van der Waals surface area contributed by atoms with Gasteiger partial charge in [-0.05, 0) is 40.2 Å². The van der Waals surface area contributed by atoms with E-state index in [1.807, 2.05) is 20.8 Å². The van der Waals surface area contributed by atoms with Crippen LogP contribution in [-0.2, 0) is 19.1 Å². The van der Waals surface area contributed by atoms with E-state index in [1.54, 1.807) is 4.90 Å². The first kappa shape index (κ1) is 14.0. The van der Waals surface area contributed by atoms with Gasteiger partial charge in [-0.3, -0.25) is 24.6 Å². The number of amides is 2. The molecule has 0 spiro atoms.